The summed E-state index contributed by atoms with van der Waals surface area (Å²) >= 11 is 0. The minimum atomic E-state index is 0.00873. The summed E-state index contributed by atoms with van der Waals surface area (Å²) in [7, 11) is 0. The molecule has 4 heteroatoms. The van der Waals surface area contributed by atoms with Gasteiger partial charge in [0.1, 0.15) is 13.2 Å². The second-order valence-electron chi connectivity index (χ2n) is 5.72. The number of ether oxygens (including phenoxy) is 2. The normalized spacial score (nSPS) is 19.0. The highest BCUT2D eigenvalue weighted by Gasteiger charge is 2.31. The monoisotopic (exact) mass is 295 g/mol. The number of fused-ring (bicyclic) bond motifs is 2. The first kappa shape index (κ1) is 13.2. The number of carbonyl (C=O) groups excluding carboxylic acids is 1. The van der Waals surface area contributed by atoms with E-state index >= 15 is 0 Å². The van der Waals surface area contributed by atoms with Crippen LogP contribution in [0.3, 0.4) is 0 Å². The highest BCUT2D eigenvalue weighted by molar-refractivity contribution is 6.08. The largest absolute Gasteiger partial charge is 0.486 e. The van der Waals surface area contributed by atoms with Crippen molar-refractivity contribution >= 4 is 11.6 Å². The first-order valence-electron chi connectivity index (χ1n) is 7.55. The predicted molar refractivity (Wildman–Crippen MR) is 83.8 cm³/mol. The van der Waals surface area contributed by atoms with Crippen LogP contribution in [-0.2, 0) is 6.42 Å². The SMILES string of the molecule is CC1Cc2ccccc2N1C(=O)c1ccc2c(c1)OCCO2. The summed E-state index contributed by atoms with van der Waals surface area (Å²) in [5.74, 6) is 1.37. The Bertz CT molecular complexity index is 741. The van der Waals surface area contributed by atoms with Gasteiger partial charge in [0.15, 0.2) is 11.5 Å². The van der Waals surface area contributed by atoms with Gasteiger partial charge in [-0.3, -0.25) is 4.79 Å². The van der Waals surface area contributed by atoms with Gasteiger partial charge in [-0.25, -0.2) is 0 Å². The lowest BCUT2D eigenvalue weighted by Crippen LogP contribution is -2.35. The Labute approximate surface area is 129 Å². The maximum Gasteiger partial charge on any atom is 0.258 e. The van der Waals surface area contributed by atoms with Crippen molar-refractivity contribution in [2.45, 2.75) is 19.4 Å². The van der Waals surface area contributed by atoms with Crippen molar-refractivity contribution in [3.8, 4) is 11.5 Å². The topological polar surface area (TPSA) is 38.8 Å². The van der Waals surface area contributed by atoms with Gasteiger partial charge in [0, 0.05) is 17.3 Å². The van der Waals surface area contributed by atoms with Crippen molar-refractivity contribution in [1.82, 2.24) is 0 Å². The van der Waals surface area contributed by atoms with Gasteiger partial charge in [-0.15, -0.1) is 0 Å². The molecule has 1 atom stereocenters. The molecule has 4 rings (SSSR count). The molecule has 0 aromatic heterocycles. The lowest BCUT2D eigenvalue weighted by Gasteiger charge is -2.24. The van der Waals surface area contributed by atoms with Gasteiger partial charge in [0.05, 0.1) is 0 Å². The molecule has 0 saturated carbocycles. The van der Waals surface area contributed by atoms with Gasteiger partial charge in [-0.05, 0) is 43.2 Å². The van der Waals surface area contributed by atoms with E-state index in [0.29, 0.717) is 30.3 Å². The molecule has 112 valence electrons. The lowest BCUT2D eigenvalue weighted by molar-refractivity contribution is 0.0980. The number of nitrogens with zero attached hydrogens (tertiary/aromatic N) is 1. The van der Waals surface area contributed by atoms with Crippen molar-refractivity contribution in [1.29, 1.82) is 0 Å². The van der Waals surface area contributed by atoms with E-state index in [1.165, 1.54) is 5.56 Å². The average Bonchev–Trinajstić information content (AvgIpc) is 2.89. The van der Waals surface area contributed by atoms with Crippen LogP contribution in [0.1, 0.15) is 22.8 Å². The average molecular weight is 295 g/mol. The molecule has 0 aliphatic carbocycles. The Morgan fingerprint density at radius 2 is 1.86 bits per heavy atom. The third-order valence-corrected chi connectivity index (χ3v) is 4.22. The lowest BCUT2D eigenvalue weighted by atomic mass is 10.1. The van der Waals surface area contributed by atoms with Gasteiger partial charge in [-0.2, -0.15) is 0 Å². The summed E-state index contributed by atoms with van der Waals surface area (Å²) in [5.41, 5.74) is 2.86. The van der Waals surface area contributed by atoms with Crippen LogP contribution in [0.4, 0.5) is 5.69 Å². The third kappa shape index (κ3) is 2.03. The highest BCUT2D eigenvalue weighted by Crippen LogP contribution is 2.35. The number of hydrogen-bond donors (Lipinski definition) is 0. The van der Waals surface area contributed by atoms with E-state index < -0.39 is 0 Å². The van der Waals surface area contributed by atoms with Crippen LogP contribution in [-0.4, -0.2) is 25.2 Å². The molecular formula is C18H17NO3. The number of carbonyl (C=O) groups is 1. The van der Waals surface area contributed by atoms with Gasteiger partial charge in [0.25, 0.3) is 5.91 Å². The van der Waals surface area contributed by atoms with E-state index in [1.807, 2.05) is 35.2 Å². The molecule has 0 bridgehead atoms. The second kappa shape index (κ2) is 5.05. The van der Waals surface area contributed by atoms with E-state index in [4.69, 9.17) is 9.47 Å². The number of para-hydroxylation sites is 1. The van der Waals surface area contributed by atoms with Crippen LogP contribution >= 0.6 is 0 Å². The molecule has 2 aliphatic heterocycles. The maximum atomic E-state index is 12.9. The fourth-order valence-corrected chi connectivity index (χ4v) is 3.19. The molecule has 2 aromatic rings. The number of hydrogen-bond acceptors (Lipinski definition) is 3. The van der Waals surface area contributed by atoms with E-state index in [-0.39, 0.29) is 11.9 Å². The van der Waals surface area contributed by atoms with Gasteiger partial charge < -0.3 is 14.4 Å². The minimum absolute atomic E-state index is 0.00873. The Balaban J connectivity index is 1.70. The summed E-state index contributed by atoms with van der Waals surface area (Å²) in [5, 5.41) is 0. The molecule has 1 amide bonds. The van der Waals surface area contributed by atoms with Crippen LogP contribution < -0.4 is 14.4 Å². The molecule has 22 heavy (non-hydrogen) atoms. The van der Waals surface area contributed by atoms with Gasteiger partial charge in [0.2, 0.25) is 0 Å². The fraction of sp³-hybridized carbons (Fsp3) is 0.278. The Kier molecular flexibility index (Phi) is 3.03. The van der Waals surface area contributed by atoms with E-state index in [9.17, 15) is 4.79 Å². The van der Waals surface area contributed by atoms with Gasteiger partial charge >= 0.3 is 0 Å². The first-order valence-corrected chi connectivity index (χ1v) is 7.55. The van der Waals surface area contributed by atoms with E-state index in [0.717, 1.165) is 12.1 Å². The van der Waals surface area contributed by atoms with Crippen LogP contribution in [0, 0.1) is 0 Å². The molecule has 0 fully saturated rings. The molecule has 0 N–H and O–H groups in total. The maximum absolute atomic E-state index is 12.9. The standard InChI is InChI=1S/C18H17NO3/c1-12-10-13-4-2-3-5-15(13)19(12)18(20)14-6-7-16-17(11-14)22-9-8-21-16/h2-7,11-12H,8-10H2,1H3. The summed E-state index contributed by atoms with van der Waals surface area (Å²) < 4.78 is 11.1. The fourth-order valence-electron chi connectivity index (χ4n) is 3.19. The first-order chi connectivity index (χ1) is 10.7. The number of anilines is 1. The summed E-state index contributed by atoms with van der Waals surface area (Å²) in [4.78, 5) is 14.8. The molecule has 0 radical (unpaired) electrons. The van der Waals surface area contributed by atoms with E-state index in [1.54, 1.807) is 6.07 Å². The predicted octanol–water partition coefficient (Wildman–Crippen LogP) is 3.05. The second-order valence-corrected chi connectivity index (χ2v) is 5.72. The zero-order chi connectivity index (χ0) is 15.1. The molecule has 2 aromatic carbocycles. The smallest absolute Gasteiger partial charge is 0.258 e. The number of amides is 1. The van der Waals surface area contributed by atoms with E-state index in [2.05, 4.69) is 13.0 Å². The molecule has 4 nitrogen and oxygen atoms in total. The zero-order valence-electron chi connectivity index (χ0n) is 12.4. The van der Waals surface area contributed by atoms with Crippen LogP contribution in [0.5, 0.6) is 11.5 Å². The molecular weight excluding hydrogens is 278 g/mol. The highest BCUT2D eigenvalue weighted by atomic mass is 16.6. The molecule has 0 saturated heterocycles. The Hall–Kier alpha value is -2.49. The zero-order valence-corrected chi connectivity index (χ0v) is 12.4. The molecule has 1 unspecified atom stereocenters. The van der Waals surface area contributed by atoms with Crippen molar-refractivity contribution in [3.05, 3.63) is 53.6 Å². The van der Waals surface area contributed by atoms with Crippen LogP contribution in [0.25, 0.3) is 0 Å². The summed E-state index contributed by atoms with van der Waals surface area (Å²) in [6.07, 6.45) is 0.895. The molecule has 0 spiro atoms. The minimum Gasteiger partial charge on any atom is -0.486 e. The van der Waals surface area contributed by atoms with Crippen molar-refractivity contribution < 1.29 is 14.3 Å². The van der Waals surface area contributed by atoms with Crippen LogP contribution in [0.15, 0.2) is 42.5 Å². The Morgan fingerprint density at radius 3 is 2.73 bits per heavy atom. The number of rotatable bonds is 1. The van der Waals surface area contributed by atoms with Crippen molar-refractivity contribution in [2.24, 2.45) is 0 Å². The van der Waals surface area contributed by atoms with Gasteiger partial charge in [-0.1, -0.05) is 18.2 Å². The number of benzene rings is 2. The van der Waals surface area contributed by atoms with Crippen molar-refractivity contribution in [2.75, 3.05) is 18.1 Å². The summed E-state index contributed by atoms with van der Waals surface area (Å²) in [6, 6.07) is 13.7. The Morgan fingerprint density at radius 1 is 1.09 bits per heavy atom. The molecule has 2 heterocycles. The quantitative estimate of drug-likeness (QED) is 0.811. The summed E-state index contributed by atoms with van der Waals surface area (Å²) in [6.45, 7) is 3.15. The van der Waals surface area contributed by atoms with Crippen molar-refractivity contribution in [3.63, 3.8) is 0 Å². The third-order valence-electron chi connectivity index (χ3n) is 4.22. The molecule has 2 aliphatic rings. The van der Waals surface area contributed by atoms with Crippen LogP contribution in [0.2, 0.25) is 0 Å².